The van der Waals surface area contributed by atoms with Crippen molar-refractivity contribution in [3.05, 3.63) is 45.5 Å². The predicted molar refractivity (Wildman–Crippen MR) is 79.7 cm³/mol. The van der Waals surface area contributed by atoms with E-state index in [1.165, 1.54) is 0 Å². The number of carbonyl (C=O) groups is 2. The standard InChI is InChI=1S/C14H16F2O4.CH3NO2/c1-3-19-13(17)12(14(18)20-4-2)7-9-5-10(15)8-11(16)6-9;1-2(3)4/h5-6,8,12H,3-4,7H2,1-2H3;1H3. The van der Waals surface area contributed by atoms with Gasteiger partial charge in [-0.05, 0) is 38.0 Å². The van der Waals surface area contributed by atoms with E-state index in [1.807, 2.05) is 0 Å². The number of carbonyl (C=O) groups excluding carboxylic acids is 2. The molecule has 24 heavy (non-hydrogen) atoms. The highest BCUT2D eigenvalue weighted by molar-refractivity contribution is 5.95. The fraction of sp³-hybridized carbons (Fsp3) is 0.467. The minimum atomic E-state index is -1.23. The quantitative estimate of drug-likeness (QED) is 0.339. The number of benzene rings is 1. The molecule has 0 aliphatic heterocycles. The fourth-order valence-electron chi connectivity index (χ4n) is 1.71. The van der Waals surface area contributed by atoms with Crippen LogP contribution in [0.5, 0.6) is 0 Å². The van der Waals surface area contributed by atoms with E-state index in [0.29, 0.717) is 6.07 Å². The fourth-order valence-corrected chi connectivity index (χ4v) is 1.71. The lowest BCUT2D eigenvalue weighted by Crippen LogP contribution is -2.30. The lowest BCUT2D eigenvalue weighted by molar-refractivity contribution is -0.445. The molecule has 0 unspecified atom stereocenters. The van der Waals surface area contributed by atoms with E-state index in [2.05, 4.69) is 0 Å². The third kappa shape index (κ3) is 8.76. The summed E-state index contributed by atoms with van der Waals surface area (Å²) in [6.07, 6.45) is -0.174. The number of esters is 2. The molecule has 1 aromatic carbocycles. The number of ether oxygens (including phenoxy) is 2. The molecule has 0 aliphatic carbocycles. The van der Waals surface area contributed by atoms with E-state index in [-0.39, 0.29) is 25.2 Å². The Balaban J connectivity index is 0.00000118. The molecule has 0 heterocycles. The van der Waals surface area contributed by atoms with Gasteiger partial charge in [-0.25, -0.2) is 8.78 Å². The molecule has 0 aromatic heterocycles. The first-order valence-corrected chi connectivity index (χ1v) is 7.07. The number of nitro groups is 1. The first-order valence-electron chi connectivity index (χ1n) is 7.07. The lowest BCUT2D eigenvalue weighted by atomic mass is 9.99. The Morgan fingerprint density at radius 2 is 1.46 bits per heavy atom. The summed E-state index contributed by atoms with van der Waals surface area (Å²) in [5, 5.41) is 8.81. The molecule has 0 radical (unpaired) electrons. The Morgan fingerprint density at radius 1 is 1.08 bits per heavy atom. The van der Waals surface area contributed by atoms with Crippen LogP contribution in [0.25, 0.3) is 0 Å². The summed E-state index contributed by atoms with van der Waals surface area (Å²) in [6.45, 7) is 3.41. The Hall–Kier alpha value is -2.58. The molecule has 9 heteroatoms. The molecule has 0 saturated heterocycles. The van der Waals surface area contributed by atoms with Crippen molar-refractivity contribution in [3.8, 4) is 0 Å². The van der Waals surface area contributed by atoms with Gasteiger partial charge in [-0.1, -0.05) is 0 Å². The minimum Gasteiger partial charge on any atom is -0.465 e. The number of hydrogen-bond donors (Lipinski definition) is 0. The number of rotatable bonds is 6. The summed E-state index contributed by atoms with van der Waals surface area (Å²) in [4.78, 5) is 31.8. The van der Waals surface area contributed by atoms with E-state index < -0.39 is 34.4 Å². The molecule has 134 valence electrons. The molecule has 0 saturated carbocycles. The van der Waals surface area contributed by atoms with Gasteiger partial charge in [-0.3, -0.25) is 19.7 Å². The molecule has 0 N–H and O–H groups in total. The van der Waals surface area contributed by atoms with Crippen LogP contribution in [-0.4, -0.2) is 37.1 Å². The highest BCUT2D eigenvalue weighted by atomic mass is 19.1. The Bertz CT molecular complexity index is 537. The topological polar surface area (TPSA) is 95.7 Å². The van der Waals surface area contributed by atoms with Gasteiger partial charge in [0.15, 0.2) is 13.0 Å². The first-order chi connectivity index (χ1) is 11.2. The van der Waals surface area contributed by atoms with Crippen molar-refractivity contribution in [1.29, 1.82) is 0 Å². The van der Waals surface area contributed by atoms with Crippen molar-refractivity contribution in [2.24, 2.45) is 5.92 Å². The van der Waals surface area contributed by atoms with Crippen molar-refractivity contribution in [3.63, 3.8) is 0 Å². The number of nitrogens with zero attached hydrogens (tertiary/aromatic N) is 1. The highest BCUT2D eigenvalue weighted by Gasteiger charge is 2.30. The average molecular weight is 347 g/mol. The summed E-state index contributed by atoms with van der Waals surface area (Å²) >= 11 is 0. The second kappa shape index (κ2) is 11.0. The first kappa shape index (κ1) is 21.4. The monoisotopic (exact) mass is 347 g/mol. The van der Waals surface area contributed by atoms with Crippen LogP contribution < -0.4 is 0 Å². The van der Waals surface area contributed by atoms with E-state index in [4.69, 9.17) is 19.6 Å². The van der Waals surface area contributed by atoms with E-state index in [1.54, 1.807) is 13.8 Å². The van der Waals surface area contributed by atoms with Crippen molar-refractivity contribution in [1.82, 2.24) is 0 Å². The molecular formula is C15H19F2NO6. The smallest absolute Gasteiger partial charge is 0.320 e. The summed E-state index contributed by atoms with van der Waals surface area (Å²) in [7, 11) is 0.889. The van der Waals surface area contributed by atoms with Gasteiger partial charge in [0.05, 0.1) is 13.2 Å². The molecule has 0 atom stereocenters. The predicted octanol–water partition coefficient (Wildman–Crippen LogP) is 2.14. The van der Waals surface area contributed by atoms with Gasteiger partial charge < -0.3 is 9.47 Å². The molecule has 0 bridgehead atoms. The molecule has 1 rings (SSSR count). The molecule has 7 nitrogen and oxygen atoms in total. The van der Waals surface area contributed by atoms with Crippen LogP contribution in [0.2, 0.25) is 0 Å². The maximum Gasteiger partial charge on any atom is 0.320 e. The van der Waals surface area contributed by atoms with Gasteiger partial charge in [-0.2, -0.15) is 0 Å². The Kier molecular flexibility index (Phi) is 9.85. The summed E-state index contributed by atoms with van der Waals surface area (Å²) < 4.78 is 35.8. The summed E-state index contributed by atoms with van der Waals surface area (Å²) in [6, 6.07) is 2.84. The highest BCUT2D eigenvalue weighted by Crippen LogP contribution is 2.15. The van der Waals surface area contributed by atoms with Crippen LogP contribution in [-0.2, 0) is 25.5 Å². The van der Waals surface area contributed by atoms with Crippen molar-refractivity contribution in [2.45, 2.75) is 20.3 Å². The van der Waals surface area contributed by atoms with Gasteiger partial charge in [0, 0.05) is 11.0 Å². The molecule has 0 fully saturated rings. The summed E-state index contributed by atoms with van der Waals surface area (Å²) in [5.74, 6) is -4.31. The van der Waals surface area contributed by atoms with Crippen LogP contribution in [0.3, 0.4) is 0 Å². The van der Waals surface area contributed by atoms with Gasteiger partial charge in [-0.15, -0.1) is 0 Å². The molecule has 1 aromatic rings. The third-order valence-corrected chi connectivity index (χ3v) is 2.50. The van der Waals surface area contributed by atoms with Crippen LogP contribution in [0.15, 0.2) is 18.2 Å². The van der Waals surface area contributed by atoms with E-state index in [0.717, 1.165) is 19.2 Å². The molecule has 0 aliphatic rings. The van der Waals surface area contributed by atoms with Crippen LogP contribution in [0.4, 0.5) is 8.78 Å². The normalized spacial score (nSPS) is 9.75. The van der Waals surface area contributed by atoms with Crippen LogP contribution >= 0.6 is 0 Å². The van der Waals surface area contributed by atoms with Gasteiger partial charge in [0.1, 0.15) is 11.6 Å². The third-order valence-electron chi connectivity index (χ3n) is 2.50. The number of hydrogen-bond acceptors (Lipinski definition) is 6. The Labute approximate surface area is 137 Å². The average Bonchev–Trinajstić information content (AvgIpc) is 2.43. The minimum absolute atomic E-state index is 0.103. The second-order valence-corrected chi connectivity index (χ2v) is 4.48. The summed E-state index contributed by atoms with van der Waals surface area (Å²) in [5.41, 5.74) is 0.189. The van der Waals surface area contributed by atoms with Gasteiger partial charge in [0.25, 0.3) is 0 Å². The molecule has 0 amide bonds. The second-order valence-electron chi connectivity index (χ2n) is 4.48. The van der Waals surface area contributed by atoms with Crippen molar-refractivity contribution >= 4 is 11.9 Å². The lowest BCUT2D eigenvalue weighted by Gasteiger charge is -2.14. The largest absolute Gasteiger partial charge is 0.465 e. The van der Waals surface area contributed by atoms with Gasteiger partial charge in [0.2, 0.25) is 0 Å². The zero-order chi connectivity index (χ0) is 18.7. The van der Waals surface area contributed by atoms with E-state index >= 15 is 0 Å². The number of halogens is 2. The van der Waals surface area contributed by atoms with Gasteiger partial charge >= 0.3 is 11.9 Å². The van der Waals surface area contributed by atoms with Crippen molar-refractivity contribution in [2.75, 3.05) is 20.3 Å². The molecular weight excluding hydrogens is 328 g/mol. The SMILES string of the molecule is CCOC(=O)C(Cc1cc(F)cc(F)c1)C(=O)OCC.C[N+](=O)[O-]. The van der Waals surface area contributed by atoms with Crippen LogP contribution in [0.1, 0.15) is 19.4 Å². The van der Waals surface area contributed by atoms with Crippen molar-refractivity contribution < 1.29 is 32.8 Å². The van der Waals surface area contributed by atoms with E-state index in [9.17, 15) is 18.4 Å². The zero-order valence-corrected chi connectivity index (χ0v) is 13.6. The van der Waals surface area contributed by atoms with Crippen LogP contribution in [0, 0.1) is 27.7 Å². The Morgan fingerprint density at radius 3 is 1.79 bits per heavy atom. The molecule has 0 spiro atoms. The maximum absolute atomic E-state index is 13.1. The zero-order valence-electron chi connectivity index (χ0n) is 13.6. The maximum atomic E-state index is 13.1.